The zero-order chi connectivity index (χ0) is 10.8. The maximum absolute atomic E-state index is 9.41. The second-order valence-electron chi connectivity index (χ2n) is 3.96. The van der Waals surface area contributed by atoms with Crippen LogP contribution < -0.4 is 0 Å². The van der Waals surface area contributed by atoms with Gasteiger partial charge in [0.15, 0.2) is 0 Å². The van der Waals surface area contributed by atoms with Crippen molar-refractivity contribution >= 4 is 23.2 Å². The molecule has 0 atom stereocenters. The second kappa shape index (κ2) is 4.73. The van der Waals surface area contributed by atoms with Crippen molar-refractivity contribution in [2.24, 2.45) is 0 Å². The largest absolute Gasteiger partial charge is 0.393 e. The molecule has 0 bridgehead atoms. The summed E-state index contributed by atoms with van der Waals surface area (Å²) in [5.41, 5.74) is 1.16. The lowest BCUT2D eigenvalue weighted by molar-refractivity contribution is 0.138. The standard InChI is InChI=1S/C12H13Cl2O/c13-11-6-3-9(7-12(11)14)8-1-4-10(15)5-2-8/h3,6-7,10,15H,1-2,4-5H2. The van der Waals surface area contributed by atoms with Crippen LogP contribution in [0.4, 0.5) is 0 Å². The van der Waals surface area contributed by atoms with Gasteiger partial charge in [0.1, 0.15) is 0 Å². The van der Waals surface area contributed by atoms with Crippen LogP contribution in [0.15, 0.2) is 18.2 Å². The fraction of sp³-hybridized carbons (Fsp3) is 0.417. The Morgan fingerprint density at radius 3 is 2.33 bits per heavy atom. The molecule has 0 unspecified atom stereocenters. The molecule has 1 fully saturated rings. The van der Waals surface area contributed by atoms with Crippen LogP contribution in [0.1, 0.15) is 31.2 Å². The molecule has 1 aliphatic carbocycles. The number of rotatable bonds is 1. The highest BCUT2D eigenvalue weighted by atomic mass is 35.5. The van der Waals surface area contributed by atoms with E-state index in [9.17, 15) is 5.11 Å². The van der Waals surface area contributed by atoms with Crippen molar-refractivity contribution < 1.29 is 5.11 Å². The number of halogens is 2. The third kappa shape index (κ3) is 2.66. The Morgan fingerprint density at radius 2 is 1.73 bits per heavy atom. The Morgan fingerprint density at radius 1 is 1.07 bits per heavy atom. The molecule has 0 aromatic heterocycles. The van der Waals surface area contributed by atoms with Crippen LogP contribution in [0.2, 0.25) is 10.0 Å². The normalized spacial score (nSPS) is 19.4. The maximum Gasteiger partial charge on any atom is 0.0595 e. The predicted molar refractivity (Wildman–Crippen MR) is 63.3 cm³/mol. The molecule has 1 aromatic rings. The molecule has 1 saturated carbocycles. The van der Waals surface area contributed by atoms with Crippen LogP contribution in [-0.2, 0) is 0 Å². The van der Waals surface area contributed by atoms with Gasteiger partial charge in [-0.2, -0.15) is 0 Å². The molecule has 1 N–H and O–H groups in total. The molecule has 1 aliphatic rings. The molecule has 1 radical (unpaired) electrons. The fourth-order valence-electron chi connectivity index (χ4n) is 1.96. The summed E-state index contributed by atoms with van der Waals surface area (Å²) < 4.78 is 0. The molecule has 15 heavy (non-hydrogen) atoms. The van der Waals surface area contributed by atoms with E-state index in [-0.39, 0.29) is 6.10 Å². The lowest BCUT2D eigenvalue weighted by atomic mass is 9.83. The van der Waals surface area contributed by atoms with E-state index in [4.69, 9.17) is 23.2 Å². The Bertz CT molecular complexity index is 343. The minimum Gasteiger partial charge on any atom is -0.393 e. The summed E-state index contributed by atoms with van der Waals surface area (Å²) in [5.74, 6) is 1.37. The number of aliphatic hydroxyl groups excluding tert-OH is 1. The van der Waals surface area contributed by atoms with Crippen molar-refractivity contribution in [3.63, 3.8) is 0 Å². The minimum atomic E-state index is -0.128. The van der Waals surface area contributed by atoms with E-state index in [1.807, 2.05) is 18.2 Å². The predicted octanol–water partition coefficient (Wildman–Crippen LogP) is 3.85. The molecule has 0 amide bonds. The summed E-state index contributed by atoms with van der Waals surface area (Å²) in [7, 11) is 0. The van der Waals surface area contributed by atoms with Crippen LogP contribution in [-0.4, -0.2) is 11.2 Å². The second-order valence-corrected chi connectivity index (χ2v) is 4.78. The van der Waals surface area contributed by atoms with Gasteiger partial charge in [-0.3, -0.25) is 0 Å². The summed E-state index contributed by atoms with van der Waals surface area (Å²) in [4.78, 5) is 0. The van der Waals surface area contributed by atoms with E-state index in [0.717, 1.165) is 31.2 Å². The van der Waals surface area contributed by atoms with Crippen molar-refractivity contribution in [3.8, 4) is 0 Å². The molecule has 3 heteroatoms. The van der Waals surface area contributed by atoms with E-state index in [2.05, 4.69) is 0 Å². The van der Waals surface area contributed by atoms with Crippen LogP contribution in [0.3, 0.4) is 0 Å². The topological polar surface area (TPSA) is 20.2 Å². The van der Waals surface area contributed by atoms with Crippen LogP contribution in [0.5, 0.6) is 0 Å². The highest BCUT2D eigenvalue weighted by Crippen LogP contribution is 2.34. The van der Waals surface area contributed by atoms with E-state index in [1.54, 1.807) is 0 Å². The molecule has 1 nitrogen and oxygen atoms in total. The van der Waals surface area contributed by atoms with Crippen LogP contribution in [0.25, 0.3) is 0 Å². The summed E-state index contributed by atoms with van der Waals surface area (Å²) in [6.45, 7) is 0. The molecule has 1 aromatic carbocycles. The fourth-order valence-corrected chi connectivity index (χ4v) is 2.25. The summed E-state index contributed by atoms with van der Waals surface area (Å²) in [6.07, 6.45) is 3.50. The van der Waals surface area contributed by atoms with Crippen molar-refractivity contribution in [1.82, 2.24) is 0 Å². The average Bonchev–Trinajstić information content (AvgIpc) is 2.23. The van der Waals surface area contributed by atoms with Gasteiger partial charge < -0.3 is 5.11 Å². The summed E-state index contributed by atoms with van der Waals surface area (Å²) >= 11 is 11.8. The third-order valence-corrected chi connectivity index (χ3v) is 3.63. The van der Waals surface area contributed by atoms with Crippen molar-refractivity contribution in [2.75, 3.05) is 0 Å². The van der Waals surface area contributed by atoms with Gasteiger partial charge in [0.25, 0.3) is 0 Å². The van der Waals surface area contributed by atoms with Crippen molar-refractivity contribution in [3.05, 3.63) is 39.7 Å². The summed E-state index contributed by atoms with van der Waals surface area (Å²) in [6, 6.07) is 5.75. The number of hydrogen-bond acceptors (Lipinski definition) is 1. The first-order chi connectivity index (χ1) is 7.16. The van der Waals surface area contributed by atoms with E-state index < -0.39 is 0 Å². The Balaban J connectivity index is 2.12. The smallest absolute Gasteiger partial charge is 0.0595 e. The summed E-state index contributed by atoms with van der Waals surface area (Å²) in [5, 5.41) is 10.6. The van der Waals surface area contributed by atoms with Gasteiger partial charge in [-0.1, -0.05) is 29.3 Å². The Kier molecular flexibility index (Phi) is 3.55. The third-order valence-electron chi connectivity index (χ3n) is 2.89. The Hall–Kier alpha value is -0.240. The molecule has 0 spiro atoms. The first-order valence-corrected chi connectivity index (χ1v) is 5.90. The van der Waals surface area contributed by atoms with Gasteiger partial charge in [-0.05, 0) is 43.4 Å². The van der Waals surface area contributed by atoms with Gasteiger partial charge in [0, 0.05) is 5.92 Å². The monoisotopic (exact) mass is 243 g/mol. The molecular formula is C12H13Cl2O. The van der Waals surface area contributed by atoms with Gasteiger partial charge in [0.2, 0.25) is 0 Å². The minimum absolute atomic E-state index is 0.128. The van der Waals surface area contributed by atoms with E-state index in [1.165, 1.54) is 5.92 Å². The van der Waals surface area contributed by atoms with Crippen LogP contribution in [0, 0.1) is 5.92 Å². The lowest BCUT2D eigenvalue weighted by Gasteiger charge is -2.25. The molecule has 0 aliphatic heterocycles. The zero-order valence-corrected chi connectivity index (χ0v) is 9.85. The SMILES string of the molecule is OC1CC[C](c2ccc(Cl)c(Cl)c2)CC1. The molecule has 2 rings (SSSR count). The van der Waals surface area contributed by atoms with Gasteiger partial charge in [0.05, 0.1) is 16.1 Å². The Labute approximate surface area is 100 Å². The first-order valence-electron chi connectivity index (χ1n) is 5.15. The molecule has 0 saturated heterocycles. The average molecular weight is 244 g/mol. The highest BCUT2D eigenvalue weighted by molar-refractivity contribution is 6.42. The van der Waals surface area contributed by atoms with E-state index in [0.29, 0.717) is 10.0 Å². The van der Waals surface area contributed by atoms with Gasteiger partial charge in [-0.15, -0.1) is 0 Å². The maximum atomic E-state index is 9.41. The molecule has 81 valence electrons. The highest BCUT2D eigenvalue weighted by Gasteiger charge is 2.21. The van der Waals surface area contributed by atoms with Crippen LogP contribution >= 0.6 is 23.2 Å². The van der Waals surface area contributed by atoms with Gasteiger partial charge >= 0.3 is 0 Å². The van der Waals surface area contributed by atoms with E-state index >= 15 is 0 Å². The zero-order valence-electron chi connectivity index (χ0n) is 8.34. The molecular weight excluding hydrogens is 231 g/mol. The van der Waals surface area contributed by atoms with Crippen molar-refractivity contribution in [2.45, 2.75) is 31.8 Å². The number of aliphatic hydroxyl groups is 1. The van der Waals surface area contributed by atoms with Crippen molar-refractivity contribution in [1.29, 1.82) is 0 Å². The lowest BCUT2D eigenvalue weighted by Crippen LogP contribution is -2.17. The quantitative estimate of drug-likeness (QED) is 0.795. The number of hydrogen-bond donors (Lipinski definition) is 1. The first kappa shape index (κ1) is 11.3. The molecule has 0 heterocycles. The van der Waals surface area contributed by atoms with Gasteiger partial charge in [-0.25, -0.2) is 0 Å². The number of benzene rings is 1.